The Balaban J connectivity index is 0.00000361. The molecule has 5 heteroatoms. The topological polar surface area (TPSA) is 30.5 Å². The van der Waals surface area contributed by atoms with Gasteiger partial charge in [-0.15, -0.1) is 24.2 Å². The van der Waals surface area contributed by atoms with Crippen LogP contribution in [-0.2, 0) is 6.42 Å². The van der Waals surface area contributed by atoms with E-state index in [2.05, 4.69) is 31.3 Å². The normalized spacial score (nSPS) is 11.7. The summed E-state index contributed by atoms with van der Waals surface area (Å²) in [6, 6.07) is 4.61. The fourth-order valence-electron chi connectivity index (χ4n) is 1.85. The number of halogens is 1. The van der Waals surface area contributed by atoms with Crippen LogP contribution in [0.25, 0.3) is 0 Å². The lowest BCUT2D eigenvalue weighted by Gasteiger charge is -2.17. The third-order valence-electron chi connectivity index (χ3n) is 3.05. The summed E-state index contributed by atoms with van der Waals surface area (Å²) in [7, 11) is 5.42. The predicted molar refractivity (Wildman–Crippen MR) is 90.0 cm³/mol. The maximum Gasteiger partial charge on any atom is 0.132 e. The van der Waals surface area contributed by atoms with Crippen LogP contribution in [0.5, 0.6) is 11.5 Å². The van der Waals surface area contributed by atoms with Gasteiger partial charge in [0.1, 0.15) is 11.5 Å². The summed E-state index contributed by atoms with van der Waals surface area (Å²) in [4.78, 5) is 1.15. The smallest absolute Gasteiger partial charge is 0.132 e. The zero-order chi connectivity index (χ0) is 14.3. The van der Waals surface area contributed by atoms with E-state index in [0.29, 0.717) is 6.04 Å². The van der Waals surface area contributed by atoms with Gasteiger partial charge in [0.25, 0.3) is 0 Å². The van der Waals surface area contributed by atoms with Crippen molar-refractivity contribution >= 4 is 24.2 Å². The average Bonchev–Trinajstić information content (AvgIpc) is 2.44. The lowest BCUT2D eigenvalue weighted by Crippen LogP contribution is -2.23. The van der Waals surface area contributed by atoms with Crippen LogP contribution >= 0.6 is 24.2 Å². The second-order valence-electron chi connectivity index (χ2n) is 4.56. The molecular formula is C15H26ClNO2S. The van der Waals surface area contributed by atoms with Gasteiger partial charge < -0.3 is 14.8 Å². The predicted octanol–water partition coefficient (Wildman–Crippen LogP) is 3.78. The molecular weight excluding hydrogens is 294 g/mol. The highest BCUT2D eigenvalue weighted by molar-refractivity contribution is 7.99. The SMILES string of the molecule is CCCSc1cc(OC)c(CC(C)NC)cc1OC.Cl. The van der Waals surface area contributed by atoms with Crippen LogP contribution in [0.15, 0.2) is 17.0 Å². The van der Waals surface area contributed by atoms with Crippen molar-refractivity contribution in [2.45, 2.75) is 37.6 Å². The first-order valence-corrected chi connectivity index (χ1v) is 7.69. The van der Waals surface area contributed by atoms with Crippen LogP contribution in [0.1, 0.15) is 25.8 Å². The molecule has 0 aliphatic heterocycles. The zero-order valence-electron chi connectivity index (χ0n) is 13.0. The van der Waals surface area contributed by atoms with Crippen molar-refractivity contribution in [3.63, 3.8) is 0 Å². The van der Waals surface area contributed by atoms with E-state index < -0.39 is 0 Å². The number of benzene rings is 1. The quantitative estimate of drug-likeness (QED) is 0.739. The fraction of sp³-hybridized carbons (Fsp3) is 0.600. The third-order valence-corrected chi connectivity index (χ3v) is 4.29. The lowest BCUT2D eigenvalue weighted by atomic mass is 10.1. The second-order valence-corrected chi connectivity index (χ2v) is 5.69. The van der Waals surface area contributed by atoms with Gasteiger partial charge in [-0.25, -0.2) is 0 Å². The Morgan fingerprint density at radius 1 is 1.20 bits per heavy atom. The number of likely N-dealkylation sites (N-methyl/N-ethyl adjacent to an activating group) is 1. The molecule has 0 aliphatic rings. The molecule has 116 valence electrons. The number of rotatable bonds is 8. The lowest BCUT2D eigenvalue weighted by molar-refractivity contribution is 0.388. The highest BCUT2D eigenvalue weighted by atomic mass is 35.5. The van der Waals surface area contributed by atoms with Gasteiger partial charge >= 0.3 is 0 Å². The highest BCUT2D eigenvalue weighted by Crippen LogP contribution is 2.36. The molecule has 1 atom stereocenters. The van der Waals surface area contributed by atoms with E-state index in [1.54, 1.807) is 14.2 Å². The maximum absolute atomic E-state index is 5.51. The largest absolute Gasteiger partial charge is 0.496 e. The molecule has 1 aromatic rings. The maximum atomic E-state index is 5.51. The van der Waals surface area contributed by atoms with Gasteiger partial charge in [0.05, 0.1) is 19.1 Å². The Morgan fingerprint density at radius 3 is 2.35 bits per heavy atom. The highest BCUT2D eigenvalue weighted by Gasteiger charge is 2.13. The summed E-state index contributed by atoms with van der Waals surface area (Å²) in [6.45, 7) is 4.34. The molecule has 0 aromatic heterocycles. The van der Waals surface area contributed by atoms with E-state index in [0.717, 1.165) is 35.0 Å². The Labute approximate surface area is 133 Å². The van der Waals surface area contributed by atoms with Gasteiger partial charge in [0.2, 0.25) is 0 Å². The Bertz CT molecular complexity index is 402. The summed E-state index contributed by atoms with van der Waals surface area (Å²) in [5, 5.41) is 3.25. The number of ether oxygens (including phenoxy) is 2. The van der Waals surface area contributed by atoms with Gasteiger partial charge in [0.15, 0.2) is 0 Å². The van der Waals surface area contributed by atoms with E-state index in [9.17, 15) is 0 Å². The molecule has 1 rings (SSSR count). The molecule has 0 saturated heterocycles. The number of nitrogens with one attached hydrogen (secondary N) is 1. The molecule has 0 fully saturated rings. The van der Waals surface area contributed by atoms with Crippen LogP contribution in [0, 0.1) is 0 Å². The first-order chi connectivity index (χ1) is 9.15. The monoisotopic (exact) mass is 319 g/mol. The first-order valence-electron chi connectivity index (χ1n) is 6.71. The molecule has 3 nitrogen and oxygen atoms in total. The van der Waals surface area contributed by atoms with Gasteiger partial charge in [-0.1, -0.05) is 6.92 Å². The minimum absolute atomic E-state index is 0. The van der Waals surface area contributed by atoms with Crippen molar-refractivity contribution in [2.24, 2.45) is 0 Å². The molecule has 0 aliphatic carbocycles. The molecule has 20 heavy (non-hydrogen) atoms. The summed E-state index contributed by atoms with van der Waals surface area (Å²) in [5.74, 6) is 2.98. The molecule has 0 amide bonds. The van der Waals surface area contributed by atoms with Crippen LogP contribution in [-0.4, -0.2) is 33.1 Å². The second kappa shape index (κ2) is 10.2. The van der Waals surface area contributed by atoms with Crippen molar-refractivity contribution in [1.82, 2.24) is 5.32 Å². The van der Waals surface area contributed by atoms with E-state index in [1.807, 2.05) is 18.8 Å². The van der Waals surface area contributed by atoms with Crippen molar-refractivity contribution in [3.05, 3.63) is 17.7 Å². The van der Waals surface area contributed by atoms with Crippen LogP contribution in [0.4, 0.5) is 0 Å². The molecule has 0 saturated carbocycles. The standard InChI is InChI=1S/C15H25NO2S.ClH/c1-6-7-19-15-10-13(17-4)12(8-11(2)16-3)9-14(15)18-5;/h9-11,16H,6-8H2,1-5H3;1H. The van der Waals surface area contributed by atoms with Crippen LogP contribution in [0.2, 0.25) is 0 Å². The van der Waals surface area contributed by atoms with Crippen molar-refractivity contribution in [1.29, 1.82) is 0 Å². The van der Waals surface area contributed by atoms with Crippen molar-refractivity contribution in [3.8, 4) is 11.5 Å². The minimum Gasteiger partial charge on any atom is -0.496 e. The van der Waals surface area contributed by atoms with E-state index in [-0.39, 0.29) is 12.4 Å². The van der Waals surface area contributed by atoms with E-state index >= 15 is 0 Å². The number of hydrogen-bond acceptors (Lipinski definition) is 4. The summed E-state index contributed by atoms with van der Waals surface area (Å²) in [6.07, 6.45) is 2.07. The number of hydrogen-bond donors (Lipinski definition) is 1. The van der Waals surface area contributed by atoms with Crippen molar-refractivity contribution < 1.29 is 9.47 Å². The Hall–Kier alpha value is -0.580. The van der Waals surface area contributed by atoms with Gasteiger partial charge in [0, 0.05) is 6.04 Å². The molecule has 1 unspecified atom stereocenters. The van der Waals surface area contributed by atoms with Gasteiger partial charge in [-0.2, -0.15) is 0 Å². The van der Waals surface area contributed by atoms with Crippen LogP contribution < -0.4 is 14.8 Å². The molecule has 0 radical (unpaired) electrons. The van der Waals surface area contributed by atoms with Gasteiger partial charge in [-0.3, -0.25) is 0 Å². The Kier molecular flexibility index (Phi) is 9.90. The summed E-state index contributed by atoms with van der Waals surface area (Å²) >= 11 is 1.81. The van der Waals surface area contributed by atoms with Crippen LogP contribution in [0.3, 0.4) is 0 Å². The summed E-state index contributed by atoms with van der Waals surface area (Å²) in [5.41, 5.74) is 1.18. The molecule has 1 N–H and O–H groups in total. The van der Waals surface area contributed by atoms with E-state index in [4.69, 9.17) is 9.47 Å². The average molecular weight is 320 g/mol. The molecule has 0 bridgehead atoms. The molecule has 0 heterocycles. The Morgan fingerprint density at radius 2 is 1.85 bits per heavy atom. The van der Waals surface area contributed by atoms with Gasteiger partial charge in [-0.05, 0) is 50.3 Å². The summed E-state index contributed by atoms with van der Waals surface area (Å²) < 4.78 is 11.0. The van der Waals surface area contributed by atoms with Crippen molar-refractivity contribution in [2.75, 3.05) is 27.0 Å². The number of thioether (sulfide) groups is 1. The number of methoxy groups -OCH3 is 2. The molecule has 1 aromatic carbocycles. The minimum atomic E-state index is 0. The van der Waals surface area contributed by atoms with E-state index in [1.165, 1.54) is 5.56 Å². The third kappa shape index (κ3) is 5.43. The zero-order valence-corrected chi connectivity index (χ0v) is 14.6. The fourth-order valence-corrected chi connectivity index (χ4v) is 2.75. The molecule has 0 spiro atoms. The first kappa shape index (κ1) is 19.4.